The summed E-state index contributed by atoms with van der Waals surface area (Å²) in [5.74, 6) is 0.0663. The van der Waals surface area contributed by atoms with Crippen LogP contribution < -0.4 is 10.6 Å². The highest BCUT2D eigenvalue weighted by atomic mass is 35.5. The van der Waals surface area contributed by atoms with Crippen LogP contribution in [-0.4, -0.2) is 66.4 Å². The van der Waals surface area contributed by atoms with Crippen LogP contribution in [0.5, 0.6) is 0 Å². The molecule has 212 valence electrons. The number of halogens is 2. The Morgan fingerprint density at radius 3 is 2.13 bits per heavy atom. The normalized spacial score (nSPS) is 23.6. The van der Waals surface area contributed by atoms with Crippen molar-refractivity contribution in [2.75, 3.05) is 27.2 Å². The number of nitrogens with zero attached hydrogens (tertiary/aromatic N) is 2. The smallest absolute Gasteiger partial charge is 0.220 e. The Hall–Kier alpha value is -2.12. The molecule has 0 spiro atoms. The molecule has 2 fully saturated rings. The summed E-state index contributed by atoms with van der Waals surface area (Å²) < 4.78 is 0. The molecule has 1 unspecified atom stereocenters. The summed E-state index contributed by atoms with van der Waals surface area (Å²) in [5.41, 5.74) is 2.43. The van der Waals surface area contributed by atoms with Crippen LogP contribution in [0.2, 0.25) is 10.0 Å². The predicted octanol–water partition coefficient (Wildman–Crippen LogP) is 5.46. The summed E-state index contributed by atoms with van der Waals surface area (Å²) in [6.45, 7) is 2.33. The van der Waals surface area contributed by atoms with Crippen molar-refractivity contribution < 1.29 is 9.59 Å². The number of nitrogens with one attached hydrogen (secondary N) is 2. The summed E-state index contributed by atoms with van der Waals surface area (Å²) in [7, 11) is 4.34. The standard InChI is InChI=1S/C31H42Cl2N4O2/c1-36(2)31(20-23-8-4-3-5-9-23)17-14-24(15-18-31)34-29(38)12-7-13-30(39)35-25-16-19-37(21-25)22-26-27(32)10-6-11-28(26)33/h3-6,8-11,24-25H,7,12-22H2,1-2H3,(H,34,38)(H,35,39). The fourth-order valence-corrected chi connectivity index (χ4v) is 6.58. The Balaban J connectivity index is 1.13. The zero-order valence-corrected chi connectivity index (χ0v) is 24.7. The third-order valence-corrected chi connectivity index (χ3v) is 9.20. The molecule has 2 aliphatic rings. The van der Waals surface area contributed by atoms with Gasteiger partial charge in [0, 0.05) is 65.7 Å². The average Bonchev–Trinajstić information content (AvgIpc) is 3.34. The highest BCUT2D eigenvalue weighted by Gasteiger charge is 2.37. The minimum absolute atomic E-state index is 0.0137. The first-order valence-electron chi connectivity index (χ1n) is 14.2. The number of likely N-dealkylation sites (tertiary alicyclic amines) is 1. The van der Waals surface area contributed by atoms with Crippen molar-refractivity contribution in [3.8, 4) is 0 Å². The molecule has 8 heteroatoms. The second-order valence-corrected chi connectivity index (χ2v) is 12.3. The first kappa shape index (κ1) is 29.9. The molecule has 1 aliphatic heterocycles. The van der Waals surface area contributed by atoms with Crippen molar-refractivity contribution in [2.45, 2.75) is 82.0 Å². The summed E-state index contributed by atoms with van der Waals surface area (Å²) in [6.07, 6.45) is 7.32. The van der Waals surface area contributed by atoms with Gasteiger partial charge in [0.1, 0.15) is 0 Å². The summed E-state index contributed by atoms with van der Waals surface area (Å²) in [4.78, 5) is 29.8. The van der Waals surface area contributed by atoms with Gasteiger partial charge in [-0.05, 0) is 76.7 Å². The van der Waals surface area contributed by atoms with Gasteiger partial charge < -0.3 is 15.5 Å². The van der Waals surface area contributed by atoms with Crippen LogP contribution >= 0.6 is 23.2 Å². The first-order valence-corrected chi connectivity index (χ1v) is 14.9. The molecule has 1 saturated heterocycles. The SMILES string of the molecule is CN(C)C1(Cc2ccccc2)CCC(NC(=O)CCCC(=O)NC2CCN(Cc3c(Cl)cccc3Cl)C2)CC1. The first-order chi connectivity index (χ1) is 18.7. The van der Waals surface area contributed by atoms with Gasteiger partial charge in [0.2, 0.25) is 11.8 Å². The van der Waals surface area contributed by atoms with Crippen molar-refractivity contribution in [1.29, 1.82) is 0 Å². The zero-order valence-electron chi connectivity index (χ0n) is 23.2. The van der Waals surface area contributed by atoms with Crippen LogP contribution in [0.3, 0.4) is 0 Å². The van der Waals surface area contributed by atoms with E-state index in [9.17, 15) is 9.59 Å². The van der Waals surface area contributed by atoms with E-state index in [4.69, 9.17) is 23.2 Å². The second kappa shape index (κ2) is 14.0. The lowest BCUT2D eigenvalue weighted by Crippen LogP contribution is -2.52. The molecule has 0 bridgehead atoms. The molecule has 1 heterocycles. The van der Waals surface area contributed by atoms with Crippen LogP contribution in [0.15, 0.2) is 48.5 Å². The van der Waals surface area contributed by atoms with E-state index in [-0.39, 0.29) is 29.4 Å². The molecule has 6 nitrogen and oxygen atoms in total. The highest BCUT2D eigenvalue weighted by molar-refractivity contribution is 6.35. The Kier molecular flexibility index (Phi) is 10.7. The molecule has 1 aliphatic carbocycles. The minimum Gasteiger partial charge on any atom is -0.353 e. The van der Waals surface area contributed by atoms with Crippen molar-refractivity contribution in [2.24, 2.45) is 0 Å². The van der Waals surface area contributed by atoms with E-state index in [0.29, 0.717) is 35.9 Å². The van der Waals surface area contributed by atoms with Crippen molar-refractivity contribution in [1.82, 2.24) is 20.4 Å². The Bertz CT molecular complexity index is 1080. The van der Waals surface area contributed by atoms with Gasteiger partial charge in [-0.2, -0.15) is 0 Å². The fraction of sp³-hybridized carbons (Fsp3) is 0.548. The number of carbonyl (C=O) groups is 2. The van der Waals surface area contributed by atoms with Crippen molar-refractivity contribution in [3.05, 3.63) is 69.7 Å². The number of amides is 2. The number of hydrogen-bond donors (Lipinski definition) is 2. The lowest BCUT2D eigenvalue weighted by Gasteiger charge is -2.45. The van der Waals surface area contributed by atoms with E-state index < -0.39 is 0 Å². The van der Waals surface area contributed by atoms with E-state index in [1.54, 1.807) is 0 Å². The maximum absolute atomic E-state index is 12.6. The monoisotopic (exact) mass is 572 g/mol. The largest absolute Gasteiger partial charge is 0.353 e. The molecule has 2 N–H and O–H groups in total. The van der Waals surface area contributed by atoms with Gasteiger partial charge in [-0.1, -0.05) is 59.6 Å². The van der Waals surface area contributed by atoms with E-state index >= 15 is 0 Å². The number of benzene rings is 2. The molecule has 2 aromatic carbocycles. The van der Waals surface area contributed by atoms with E-state index in [0.717, 1.165) is 57.2 Å². The number of carbonyl (C=O) groups excluding carboxylic acids is 2. The average molecular weight is 574 g/mol. The maximum Gasteiger partial charge on any atom is 0.220 e. The van der Waals surface area contributed by atoms with Crippen LogP contribution in [0, 0.1) is 0 Å². The maximum atomic E-state index is 12.6. The van der Waals surface area contributed by atoms with Crippen molar-refractivity contribution in [3.63, 3.8) is 0 Å². The molecule has 0 radical (unpaired) electrons. The Labute approximate surface area is 243 Å². The van der Waals surface area contributed by atoms with Crippen LogP contribution in [0.1, 0.15) is 62.5 Å². The number of rotatable bonds is 11. The molecule has 4 rings (SSSR count). The van der Waals surface area contributed by atoms with Gasteiger partial charge in [0.25, 0.3) is 0 Å². The van der Waals surface area contributed by atoms with Gasteiger partial charge in [-0.25, -0.2) is 0 Å². The summed E-state index contributed by atoms with van der Waals surface area (Å²) in [5, 5.41) is 7.71. The lowest BCUT2D eigenvalue weighted by molar-refractivity contribution is -0.123. The molecular weight excluding hydrogens is 531 g/mol. The third-order valence-electron chi connectivity index (χ3n) is 8.49. The van der Waals surface area contributed by atoms with Gasteiger partial charge in [0.05, 0.1) is 0 Å². The minimum atomic E-state index is 0.0137. The molecule has 0 aromatic heterocycles. The molecule has 39 heavy (non-hydrogen) atoms. The third kappa shape index (κ3) is 8.43. The quantitative estimate of drug-likeness (QED) is 0.375. The molecule has 2 aromatic rings. The fourth-order valence-electron chi connectivity index (χ4n) is 6.07. The molecular formula is C31H42Cl2N4O2. The molecule has 1 saturated carbocycles. The van der Waals surface area contributed by atoms with Gasteiger partial charge >= 0.3 is 0 Å². The van der Waals surface area contributed by atoms with E-state index in [1.165, 1.54) is 5.56 Å². The topological polar surface area (TPSA) is 64.7 Å². The number of likely N-dealkylation sites (N-methyl/N-ethyl adjacent to an activating group) is 1. The number of hydrogen-bond acceptors (Lipinski definition) is 4. The second-order valence-electron chi connectivity index (χ2n) is 11.5. The lowest BCUT2D eigenvalue weighted by atomic mass is 9.75. The summed E-state index contributed by atoms with van der Waals surface area (Å²) >= 11 is 12.6. The Morgan fingerprint density at radius 1 is 0.897 bits per heavy atom. The molecule has 2 amide bonds. The van der Waals surface area contributed by atoms with Crippen LogP contribution in [-0.2, 0) is 22.6 Å². The predicted molar refractivity (Wildman–Crippen MR) is 159 cm³/mol. The highest BCUT2D eigenvalue weighted by Crippen LogP contribution is 2.35. The van der Waals surface area contributed by atoms with Gasteiger partial charge in [-0.3, -0.25) is 14.5 Å². The van der Waals surface area contributed by atoms with E-state index in [2.05, 4.69) is 64.9 Å². The molecule has 1 atom stereocenters. The van der Waals surface area contributed by atoms with E-state index in [1.807, 2.05) is 18.2 Å². The van der Waals surface area contributed by atoms with Gasteiger partial charge in [0.15, 0.2) is 0 Å². The Morgan fingerprint density at radius 2 is 1.51 bits per heavy atom. The summed E-state index contributed by atoms with van der Waals surface area (Å²) in [6, 6.07) is 16.6. The zero-order chi connectivity index (χ0) is 27.8. The van der Waals surface area contributed by atoms with Crippen molar-refractivity contribution >= 4 is 35.0 Å². The van der Waals surface area contributed by atoms with Gasteiger partial charge in [-0.15, -0.1) is 0 Å². The van der Waals surface area contributed by atoms with Crippen LogP contribution in [0.4, 0.5) is 0 Å². The van der Waals surface area contributed by atoms with Crippen LogP contribution in [0.25, 0.3) is 0 Å².